The Morgan fingerprint density at radius 2 is 2.33 bits per heavy atom. The van der Waals surface area contributed by atoms with Gasteiger partial charge in [-0.15, -0.1) is 12.3 Å². The summed E-state index contributed by atoms with van der Waals surface area (Å²) in [5.41, 5.74) is 5.21. The fourth-order valence-corrected chi connectivity index (χ4v) is 1.37. The van der Waals surface area contributed by atoms with E-state index in [9.17, 15) is 14.9 Å². The van der Waals surface area contributed by atoms with Gasteiger partial charge in [-0.1, -0.05) is 11.6 Å². The molecule has 0 heterocycles. The molecule has 0 radical (unpaired) electrons. The molecular weight excluding hydrogens is 258 g/mol. The summed E-state index contributed by atoms with van der Waals surface area (Å²) in [5, 5.41) is 13.3. The number of hydrogen-bond acceptors (Lipinski definition) is 4. The molecule has 0 aromatic heterocycles. The molecule has 3 N–H and O–H groups in total. The van der Waals surface area contributed by atoms with Crippen LogP contribution in [-0.4, -0.2) is 16.9 Å². The Balaban J connectivity index is 2.95. The van der Waals surface area contributed by atoms with Crippen molar-refractivity contribution in [1.29, 1.82) is 0 Å². The van der Waals surface area contributed by atoms with E-state index in [4.69, 9.17) is 23.8 Å². The number of anilines is 1. The average Bonchev–Trinajstić information content (AvgIpc) is 2.31. The third kappa shape index (κ3) is 3.45. The number of terminal acetylenes is 1. The molecule has 18 heavy (non-hydrogen) atoms. The fourth-order valence-electron chi connectivity index (χ4n) is 1.21. The highest BCUT2D eigenvalue weighted by Crippen LogP contribution is 2.27. The number of carbonyl (C=O) groups excluding carboxylic acids is 1. The highest BCUT2D eigenvalue weighted by molar-refractivity contribution is 6.31. The van der Waals surface area contributed by atoms with Crippen LogP contribution in [0, 0.1) is 22.5 Å². The number of nitro benzene ring substituents is 1. The van der Waals surface area contributed by atoms with Crippen molar-refractivity contribution in [2.24, 2.45) is 5.73 Å². The van der Waals surface area contributed by atoms with Crippen LogP contribution in [-0.2, 0) is 4.79 Å². The highest BCUT2D eigenvalue weighted by Gasteiger charge is 2.19. The maximum Gasteiger partial charge on any atom is 0.294 e. The van der Waals surface area contributed by atoms with E-state index in [1.54, 1.807) is 0 Å². The van der Waals surface area contributed by atoms with Crippen molar-refractivity contribution >= 4 is 28.9 Å². The lowest BCUT2D eigenvalue weighted by molar-refractivity contribution is -0.383. The van der Waals surface area contributed by atoms with Crippen molar-refractivity contribution in [3.63, 3.8) is 0 Å². The summed E-state index contributed by atoms with van der Waals surface area (Å²) in [6.07, 6.45) is 5.07. The SMILES string of the molecule is C#CCC(N)C(=O)Nc1ccc(Cl)cc1[N+](=O)[O-]. The van der Waals surface area contributed by atoms with E-state index in [-0.39, 0.29) is 22.8 Å². The van der Waals surface area contributed by atoms with Gasteiger partial charge in [0, 0.05) is 17.5 Å². The van der Waals surface area contributed by atoms with Crippen molar-refractivity contribution < 1.29 is 9.72 Å². The van der Waals surface area contributed by atoms with Gasteiger partial charge in [0.25, 0.3) is 5.69 Å². The Bertz CT molecular complexity index is 525. The van der Waals surface area contributed by atoms with Crippen molar-refractivity contribution in [2.45, 2.75) is 12.5 Å². The molecule has 0 bridgehead atoms. The van der Waals surface area contributed by atoms with Crippen LogP contribution in [0.1, 0.15) is 6.42 Å². The van der Waals surface area contributed by atoms with Gasteiger partial charge in [0.1, 0.15) is 5.69 Å². The van der Waals surface area contributed by atoms with E-state index >= 15 is 0 Å². The van der Waals surface area contributed by atoms with Crippen LogP contribution < -0.4 is 11.1 Å². The Kier molecular flexibility index (Phi) is 4.66. The quantitative estimate of drug-likeness (QED) is 0.491. The van der Waals surface area contributed by atoms with Gasteiger partial charge >= 0.3 is 0 Å². The van der Waals surface area contributed by atoms with Gasteiger partial charge < -0.3 is 11.1 Å². The van der Waals surface area contributed by atoms with Gasteiger partial charge in [-0.25, -0.2) is 0 Å². The molecule has 1 amide bonds. The predicted molar refractivity (Wildman–Crippen MR) is 68.2 cm³/mol. The number of carbonyl (C=O) groups is 1. The van der Waals surface area contributed by atoms with Gasteiger partial charge in [-0.05, 0) is 12.1 Å². The predicted octanol–water partition coefficient (Wildman–Crippen LogP) is 1.54. The Labute approximate surface area is 108 Å². The number of nitro groups is 1. The normalized spacial score (nSPS) is 11.4. The molecule has 1 aromatic carbocycles. The second kappa shape index (κ2) is 6.00. The first kappa shape index (κ1) is 14.0. The molecular formula is C11H10ClN3O3. The van der Waals surface area contributed by atoms with E-state index in [1.807, 2.05) is 0 Å². The van der Waals surface area contributed by atoms with Gasteiger partial charge in [-0.3, -0.25) is 14.9 Å². The third-order valence-corrected chi connectivity index (χ3v) is 2.32. The van der Waals surface area contributed by atoms with E-state index in [2.05, 4.69) is 11.2 Å². The van der Waals surface area contributed by atoms with E-state index < -0.39 is 16.9 Å². The molecule has 0 aliphatic rings. The van der Waals surface area contributed by atoms with Gasteiger partial charge in [0.05, 0.1) is 11.0 Å². The lowest BCUT2D eigenvalue weighted by Crippen LogP contribution is -2.35. The van der Waals surface area contributed by atoms with Gasteiger partial charge in [0.2, 0.25) is 5.91 Å². The minimum Gasteiger partial charge on any atom is -0.319 e. The van der Waals surface area contributed by atoms with Crippen LogP contribution in [0.25, 0.3) is 0 Å². The molecule has 0 spiro atoms. The van der Waals surface area contributed by atoms with Crippen molar-refractivity contribution in [3.8, 4) is 12.3 Å². The van der Waals surface area contributed by atoms with Crippen LogP contribution in [0.2, 0.25) is 5.02 Å². The zero-order chi connectivity index (χ0) is 13.7. The maximum absolute atomic E-state index is 11.6. The molecule has 6 nitrogen and oxygen atoms in total. The second-order valence-electron chi connectivity index (χ2n) is 3.42. The summed E-state index contributed by atoms with van der Waals surface area (Å²) in [5.74, 6) is 1.65. The standard InChI is InChI=1S/C11H10ClN3O3/c1-2-3-8(13)11(16)14-9-5-4-7(12)6-10(9)15(17)18/h1,4-6,8H,3,13H2,(H,14,16). The molecule has 0 saturated heterocycles. The average molecular weight is 268 g/mol. The number of halogens is 1. The summed E-state index contributed by atoms with van der Waals surface area (Å²) in [6.45, 7) is 0. The molecule has 0 fully saturated rings. The largest absolute Gasteiger partial charge is 0.319 e. The number of nitrogens with two attached hydrogens (primary N) is 1. The summed E-state index contributed by atoms with van der Waals surface area (Å²) < 4.78 is 0. The number of rotatable bonds is 4. The molecule has 1 aromatic rings. The Hall–Kier alpha value is -2.10. The lowest BCUT2D eigenvalue weighted by Gasteiger charge is -2.09. The van der Waals surface area contributed by atoms with Crippen LogP contribution >= 0.6 is 11.6 Å². The zero-order valence-electron chi connectivity index (χ0n) is 9.22. The molecule has 1 unspecified atom stereocenters. The van der Waals surface area contributed by atoms with Crippen molar-refractivity contribution in [1.82, 2.24) is 0 Å². The van der Waals surface area contributed by atoms with Crippen LogP contribution in [0.3, 0.4) is 0 Å². The van der Waals surface area contributed by atoms with Crippen LogP contribution in [0.4, 0.5) is 11.4 Å². The first-order valence-corrected chi connectivity index (χ1v) is 5.27. The zero-order valence-corrected chi connectivity index (χ0v) is 9.98. The first-order valence-electron chi connectivity index (χ1n) is 4.89. The Morgan fingerprint density at radius 3 is 2.89 bits per heavy atom. The minimum atomic E-state index is -0.912. The second-order valence-corrected chi connectivity index (χ2v) is 3.86. The van der Waals surface area contributed by atoms with Crippen LogP contribution in [0.5, 0.6) is 0 Å². The van der Waals surface area contributed by atoms with Gasteiger partial charge in [-0.2, -0.15) is 0 Å². The number of hydrogen-bond donors (Lipinski definition) is 2. The Morgan fingerprint density at radius 1 is 1.67 bits per heavy atom. The monoisotopic (exact) mass is 267 g/mol. The topological polar surface area (TPSA) is 98.3 Å². The third-order valence-electron chi connectivity index (χ3n) is 2.09. The summed E-state index contributed by atoms with van der Waals surface area (Å²) in [4.78, 5) is 21.7. The fraction of sp³-hybridized carbons (Fsp3) is 0.182. The van der Waals surface area contributed by atoms with E-state index in [0.717, 1.165) is 6.07 Å². The van der Waals surface area contributed by atoms with Crippen molar-refractivity contribution in [2.75, 3.05) is 5.32 Å². The van der Waals surface area contributed by atoms with Crippen molar-refractivity contribution in [3.05, 3.63) is 33.3 Å². The molecule has 0 aliphatic carbocycles. The molecule has 1 rings (SSSR count). The summed E-state index contributed by atoms with van der Waals surface area (Å²) in [6, 6.07) is 2.99. The highest BCUT2D eigenvalue weighted by atomic mass is 35.5. The number of amides is 1. The molecule has 1 atom stereocenters. The number of benzene rings is 1. The smallest absolute Gasteiger partial charge is 0.294 e. The summed E-state index contributed by atoms with van der Waals surface area (Å²) in [7, 11) is 0. The molecule has 94 valence electrons. The van der Waals surface area contributed by atoms with E-state index in [1.165, 1.54) is 12.1 Å². The first-order chi connectivity index (χ1) is 8.45. The summed E-state index contributed by atoms with van der Waals surface area (Å²) >= 11 is 5.64. The van der Waals surface area contributed by atoms with Gasteiger partial charge in [0.15, 0.2) is 0 Å². The minimum absolute atomic E-state index is 0.0295. The van der Waals surface area contributed by atoms with Crippen LogP contribution in [0.15, 0.2) is 18.2 Å². The number of nitrogens with zero attached hydrogens (tertiary/aromatic N) is 1. The molecule has 0 saturated carbocycles. The molecule has 0 aliphatic heterocycles. The maximum atomic E-state index is 11.6. The van der Waals surface area contributed by atoms with E-state index in [0.29, 0.717) is 0 Å². The molecule has 7 heteroatoms. The lowest BCUT2D eigenvalue weighted by atomic mass is 10.2. The number of nitrogens with one attached hydrogen (secondary N) is 1.